The summed E-state index contributed by atoms with van der Waals surface area (Å²) < 4.78 is 58.4. The fraction of sp³-hybridized carbons (Fsp3) is 0.364. The van der Waals surface area contributed by atoms with E-state index in [1.54, 1.807) is 52.2 Å². The van der Waals surface area contributed by atoms with Gasteiger partial charge < -0.3 is 5.32 Å². The Labute approximate surface area is 280 Å². The first kappa shape index (κ1) is 33.3. The summed E-state index contributed by atoms with van der Waals surface area (Å²) in [6, 6.07) is 21.1. The van der Waals surface area contributed by atoms with E-state index in [1.165, 1.54) is 22.1 Å². The van der Waals surface area contributed by atoms with Crippen LogP contribution in [-0.4, -0.2) is 78.0 Å². The van der Waals surface area contributed by atoms with Crippen LogP contribution in [0, 0.1) is 6.92 Å². The Morgan fingerprint density at radius 2 is 1.43 bits per heavy atom. The maximum absolute atomic E-state index is 13.5. The molecule has 1 N–H and O–H groups in total. The molecule has 0 saturated carbocycles. The predicted octanol–water partition coefficient (Wildman–Crippen LogP) is 5.32. The summed E-state index contributed by atoms with van der Waals surface area (Å²) in [7, 11) is -7.33. The molecule has 2 fully saturated rings. The van der Waals surface area contributed by atoms with Crippen LogP contribution in [0.25, 0.3) is 17.1 Å². The minimum Gasteiger partial charge on any atom is -0.325 e. The van der Waals surface area contributed by atoms with E-state index in [9.17, 15) is 21.6 Å². The van der Waals surface area contributed by atoms with Gasteiger partial charge in [0, 0.05) is 43.1 Å². The van der Waals surface area contributed by atoms with Gasteiger partial charge >= 0.3 is 0 Å². The predicted molar refractivity (Wildman–Crippen MR) is 183 cm³/mol. The highest BCUT2D eigenvalue weighted by molar-refractivity contribution is 7.99. The summed E-state index contributed by atoms with van der Waals surface area (Å²) in [5, 5.41) is 12.1. The second-order valence-corrected chi connectivity index (χ2v) is 16.5. The number of hydrogen-bond acceptors (Lipinski definition) is 8. The van der Waals surface area contributed by atoms with Crippen molar-refractivity contribution >= 4 is 43.4 Å². The van der Waals surface area contributed by atoms with Gasteiger partial charge in [-0.15, -0.1) is 10.2 Å². The normalized spacial score (nSPS) is 16.6. The van der Waals surface area contributed by atoms with Gasteiger partial charge in [-0.05, 0) is 74.6 Å². The van der Waals surface area contributed by atoms with Crippen LogP contribution < -0.4 is 5.32 Å². The van der Waals surface area contributed by atoms with Gasteiger partial charge in [0.1, 0.15) is 0 Å². The van der Waals surface area contributed by atoms with Crippen molar-refractivity contribution < 1.29 is 21.6 Å². The largest absolute Gasteiger partial charge is 0.325 e. The first-order valence-electron chi connectivity index (χ1n) is 15.8. The molecule has 0 aliphatic carbocycles. The Balaban J connectivity index is 1.22. The number of carbonyl (C=O) groups excluding carboxylic acids is 1. The minimum atomic E-state index is -3.69. The topological polar surface area (TPSA) is 135 Å². The molecule has 2 aliphatic heterocycles. The highest BCUT2D eigenvalue weighted by Gasteiger charge is 2.29. The molecule has 4 aromatic rings. The molecule has 14 heteroatoms. The van der Waals surface area contributed by atoms with E-state index in [-0.39, 0.29) is 21.5 Å². The lowest BCUT2D eigenvalue weighted by Gasteiger charge is -2.21. The van der Waals surface area contributed by atoms with Crippen molar-refractivity contribution in [2.24, 2.45) is 0 Å². The van der Waals surface area contributed by atoms with Crippen LogP contribution in [0.2, 0.25) is 0 Å². The zero-order valence-electron chi connectivity index (χ0n) is 26.2. The number of aromatic nitrogens is 3. The van der Waals surface area contributed by atoms with E-state index in [4.69, 9.17) is 0 Å². The number of amides is 1. The molecule has 3 aromatic carbocycles. The average molecular weight is 695 g/mol. The fourth-order valence-corrected chi connectivity index (χ4v) is 10.0. The molecule has 3 heterocycles. The van der Waals surface area contributed by atoms with Crippen LogP contribution in [0.1, 0.15) is 44.1 Å². The number of benzene rings is 3. The van der Waals surface area contributed by atoms with Crippen LogP contribution in [-0.2, 0) is 24.8 Å². The second kappa shape index (κ2) is 14.3. The molecule has 0 radical (unpaired) electrons. The van der Waals surface area contributed by atoms with E-state index < -0.39 is 20.0 Å². The Kier molecular flexibility index (Phi) is 10.1. The molecule has 2 aliphatic rings. The Bertz CT molecular complexity index is 1950. The molecule has 6 rings (SSSR count). The molecule has 2 saturated heterocycles. The Morgan fingerprint density at radius 3 is 2.13 bits per heavy atom. The summed E-state index contributed by atoms with van der Waals surface area (Å²) in [5.74, 6) is 0.0930. The minimum absolute atomic E-state index is 0.0174. The number of nitrogens with one attached hydrogen (secondary N) is 1. The summed E-state index contributed by atoms with van der Waals surface area (Å²) >= 11 is 1.18. The smallest absolute Gasteiger partial charge is 0.243 e. The molecule has 1 amide bonds. The van der Waals surface area contributed by atoms with Crippen molar-refractivity contribution in [1.29, 1.82) is 0 Å². The third-order valence-electron chi connectivity index (χ3n) is 8.43. The van der Waals surface area contributed by atoms with Crippen molar-refractivity contribution in [2.75, 3.05) is 37.2 Å². The number of sulfonamides is 2. The molecule has 1 aromatic heterocycles. The van der Waals surface area contributed by atoms with Gasteiger partial charge in [0.15, 0.2) is 11.0 Å². The van der Waals surface area contributed by atoms with Crippen molar-refractivity contribution in [3.8, 4) is 17.1 Å². The van der Waals surface area contributed by atoms with E-state index in [1.807, 2.05) is 30.3 Å². The SMILES string of the molecule is Cc1ccc(NC(=O)CSc2nnc(-c3cccc(S(=O)(=O)N4CCCC4)c3)n2-c2ccccc2)cc1S(=O)(=O)N1CCCCCC1. The number of nitrogens with zero attached hydrogens (tertiary/aromatic N) is 5. The Morgan fingerprint density at radius 1 is 0.766 bits per heavy atom. The fourth-order valence-electron chi connectivity index (χ4n) is 5.94. The van der Waals surface area contributed by atoms with Crippen LogP contribution in [0.15, 0.2) is 87.7 Å². The first-order valence-corrected chi connectivity index (χ1v) is 19.7. The van der Waals surface area contributed by atoms with E-state index in [2.05, 4.69) is 15.5 Å². The number of anilines is 1. The molecule has 0 atom stereocenters. The van der Waals surface area contributed by atoms with Gasteiger partial charge in [0.05, 0.1) is 15.5 Å². The molecule has 0 spiro atoms. The molecule has 0 unspecified atom stereocenters. The molecular weight excluding hydrogens is 657 g/mol. The monoisotopic (exact) mass is 694 g/mol. The van der Waals surface area contributed by atoms with Crippen molar-refractivity contribution in [2.45, 2.75) is 60.4 Å². The maximum atomic E-state index is 13.5. The maximum Gasteiger partial charge on any atom is 0.243 e. The Hall–Kier alpha value is -3.56. The van der Waals surface area contributed by atoms with E-state index >= 15 is 0 Å². The van der Waals surface area contributed by atoms with Crippen molar-refractivity contribution in [3.05, 3.63) is 78.4 Å². The first-order chi connectivity index (χ1) is 22.6. The van der Waals surface area contributed by atoms with Gasteiger partial charge in [-0.25, -0.2) is 16.8 Å². The molecule has 47 heavy (non-hydrogen) atoms. The van der Waals surface area contributed by atoms with Gasteiger partial charge in [-0.3, -0.25) is 9.36 Å². The summed E-state index contributed by atoms with van der Waals surface area (Å²) in [6.45, 7) is 3.77. The number of aryl methyl sites for hydroxylation is 1. The standard InChI is InChI=1S/C33H38N6O5S3/c1-25-16-17-27(23-30(25)47(43,44)38-18-7-2-3-8-19-38)34-31(40)24-45-33-36-35-32(39(33)28-13-5-4-6-14-28)26-12-11-15-29(22-26)46(41,42)37-20-9-10-21-37/h4-6,11-17,22-23H,2-3,7-10,18-21,24H2,1H3,(H,34,40). The zero-order chi connectivity index (χ0) is 33.0. The zero-order valence-corrected chi connectivity index (χ0v) is 28.7. The van der Waals surface area contributed by atoms with Crippen molar-refractivity contribution in [3.63, 3.8) is 0 Å². The number of para-hydroxylation sites is 1. The second-order valence-electron chi connectivity index (χ2n) is 11.8. The molecule has 248 valence electrons. The number of carbonyl (C=O) groups is 1. The highest BCUT2D eigenvalue weighted by atomic mass is 32.2. The van der Waals surface area contributed by atoms with Gasteiger partial charge in [-0.2, -0.15) is 8.61 Å². The number of hydrogen-bond donors (Lipinski definition) is 1. The van der Waals surface area contributed by atoms with E-state index in [0.29, 0.717) is 54.0 Å². The van der Waals surface area contributed by atoms with Crippen LogP contribution >= 0.6 is 11.8 Å². The average Bonchev–Trinajstić information content (AvgIpc) is 3.70. The highest BCUT2D eigenvalue weighted by Crippen LogP contribution is 2.31. The summed E-state index contributed by atoms with van der Waals surface area (Å²) in [5.41, 5.74) is 2.36. The molecule has 11 nitrogen and oxygen atoms in total. The summed E-state index contributed by atoms with van der Waals surface area (Å²) in [4.78, 5) is 13.6. The van der Waals surface area contributed by atoms with Gasteiger partial charge in [0.2, 0.25) is 26.0 Å². The lowest BCUT2D eigenvalue weighted by molar-refractivity contribution is -0.113. The van der Waals surface area contributed by atoms with E-state index in [0.717, 1.165) is 44.2 Å². The molecular formula is C33H38N6O5S3. The van der Waals surface area contributed by atoms with Crippen LogP contribution in [0.5, 0.6) is 0 Å². The lowest BCUT2D eigenvalue weighted by Crippen LogP contribution is -2.32. The quantitative estimate of drug-likeness (QED) is 0.221. The number of rotatable bonds is 10. The third-order valence-corrected chi connectivity index (χ3v) is 13.3. The van der Waals surface area contributed by atoms with Gasteiger partial charge in [0.25, 0.3) is 0 Å². The van der Waals surface area contributed by atoms with Gasteiger partial charge in [-0.1, -0.05) is 61.0 Å². The lowest BCUT2D eigenvalue weighted by atomic mass is 10.2. The third kappa shape index (κ3) is 7.31. The molecule has 0 bridgehead atoms. The van der Waals surface area contributed by atoms with Crippen LogP contribution in [0.3, 0.4) is 0 Å². The number of thioether (sulfide) groups is 1. The summed E-state index contributed by atoms with van der Waals surface area (Å²) in [6.07, 6.45) is 5.40. The van der Waals surface area contributed by atoms with Crippen LogP contribution in [0.4, 0.5) is 5.69 Å². The van der Waals surface area contributed by atoms with Crippen molar-refractivity contribution in [1.82, 2.24) is 23.4 Å².